The number of rotatable bonds is 3. The summed E-state index contributed by atoms with van der Waals surface area (Å²) in [7, 11) is 1.51. The zero-order valence-electron chi connectivity index (χ0n) is 14.9. The lowest BCUT2D eigenvalue weighted by atomic mass is 10.1. The molecule has 2 aromatic heterocycles. The number of aromatic nitrogens is 3. The highest BCUT2D eigenvalue weighted by Gasteiger charge is 2.35. The van der Waals surface area contributed by atoms with Crippen LogP contribution in [0.3, 0.4) is 0 Å². The van der Waals surface area contributed by atoms with Crippen molar-refractivity contribution in [3.05, 3.63) is 75.1 Å². The number of hydrogen-bond acceptors (Lipinski definition) is 3. The van der Waals surface area contributed by atoms with Crippen LogP contribution in [0.1, 0.15) is 5.56 Å². The Morgan fingerprint density at radius 1 is 1.14 bits per heavy atom. The summed E-state index contributed by atoms with van der Waals surface area (Å²) in [6.45, 7) is 0. The molecule has 0 radical (unpaired) electrons. The predicted molar refractivity (Wildman–Crippen MR) is 106 cm³/mol. The van der Waals surface area contributed by atoms with E-state index in [0.717, 1.165) is 10.7 Å². The molecule has 0 amide bonds. The van der Waals surface area contributed by atoms with E-state index in [4.69, 9.17) is 4.74 Å². The molecular weight excluding hydrogens is 451 g/mol. The average molecular weight is 464 g/mol. The van der Waals surface area contributed by atoms with Crippen molar-refractivity contribution in [1.82, 2.24) is 14.8 Å². The number of aromatic amines is 1. The van der Waals surface area contributed by atoms with Gasteiger partial charge in [-0.25, -0.2) is 0 Å². The van der Waals surface area contributed by atoms with E-state index in [2.05, 4.69) is 26.0 Å². The van der Waals surface area contributed by atoms with Crippen LogP contribution in [0.25, 0.3) is 27.8 Å². The van der Waals surface area contributed by atoms with Gasteiger partial charge in [-0.15, -0.1) is 0 Å². The smallest absolute Gasteiger partial charge is 0.418 e. The Balaban J connectivity index is 2.07. The van der Waals surface area contributed by atoms with Crippen molar-refractivity contribution in [3.63, 3.8) is 0 Å². The highest BCUT2D eigenvalue weighted by molar-refractivity contribution is 9.10. The molecule has 0 fully saturated rings. The molecule has 0 bridgehead atoms. The van der Waals surface area contributed by atoms with E-state index in [1.807, 2.05) is 0 Å². The van der Waals surface area contributed by atoms with Gasteiger partial charge < -0.3 is 9.72 Å². The minimum absolute atomic E-state index is 0.158. The number of benzene rings is 2. The maximum Gasteiger partial charge on any atom is 0.418 e. The Labute approximate surface area is 170 Å². The van der Waals surface area contributed by atoms with Crippen LogP contribution in [0.5, 0.6) is 5.75 Å². The van der Waals surface area contributed by atoms with E-state index in [-0.39, 0.29) is 11.2 Å². The van der Waals surface area contributed by atoms with Crippen LogP contribution in [0, 0.1) is 0 Å². The summed E-state index contributed by atoms with van der Waals surface area (Å²) in [5.74, 6) is 0.559. The number of nitrogens with one attached hydrogen (secondary N) is 1. The van der Waals surface area contributed by atoms with Crippen molar-refractivity contribution < 1.29 is 17.9 Å². The van der Waals surface area contributed by atoms with Gasteiger partial charge in [-0.1, -0.05) is 28.1 Å². The lowest BCUT2D eigenvalue weighted by Crippen LogP contribution is -2.25. The molecule has 0 spiro atoms. The van der Waals surface area contributed by atoms with Gasteiger partial charge in [0.05, 0.1) is 18.4 Å². The summed E-state index contributed by atoms with van der Waals surface area (Å²) in [5.41, 5.74) is -0.888. The number of nitrogens with zero attached hydrogens (tertiary/aromatic N) is 2. The summed E-state index contributed by atoms with van der Waals surface area (Å²) in [6, 6.07) is 12.0. The third kappa shape index (κ3) is 3.42. The second kappa shape index (κ2) is 7.07. The van der Waals surface area contributed by atoms with Crippen LogP contribution >= 0.6 is 15.9 Å². The van der Waals surface area contributed by atoms with E-state index < -0.39 is 17.3 Å². The predicted octanol–water partition coefficient (Wildman–Crippen LogP) is 5.17. The Morgan fingerprint density at radius 2 is 1.93 bits per heavy atom. The molecule has 4 rings (SSSR count). The molecule has 0 aliphatic carbocycles. The summed E-state index contributed by atoms with van der Waals surface area (Å²) in [6.07, 6.45) is -3.11. The standard InChI is InChI=1S/C20H13BrF3N3O2/c1-29-13-4-2-3-11(9-13)17-14-7-8-25-18(14)19(28)27(26-17)16-10-12(21)5-6-15(16)20(22,23)24/h2-10,25H,1H3. The van der Waals surface area contributed by atoms with Crippen molar-refractivity contribution in [2.75, 3.05) is 7.11 Å². The molecule has 29 heavy (non-hydrogen) atoms. The third-order valence-corrected chi connectivity index (χ3v) is 4.94. The summed E-state index contributed by atoms with van der Waals surface area (Å²) in [4.78, 5) is 15.8. The Kier molecular flexibility index (Phi) is 4.70. The molecule has 0 aliphatic rings. The number of halogens is 4. The van der Waals surface area contributed by atoms with Crippen molar-refractivity contribution in [2.24, 2.45) is 0 Å². The van der Waals surface area contributed by atoms with Gasteiger partial charge in [0, 0.05) is 21.6 Å². The van der Waals surface area contributed by atoms with Gasteiger partial charge in [0.25, 0.3) is 5.56 Å². The molecule has 148 valence electrons. The van der Waals surface area contributed by atoms with Gasteiger partial charge in [0.15, 0.2) is 0 Å². The van der Waals surface area contributed by atoms with Gasteiger partial charge in [-0.05, 0) is 36.4 Å². The van der Waals surface area contributed by atoms with Crippen molar-refractivity contribution in [3.8, 4) is 22.7 Å². The Bertz CT molecular complexity index is 1280. The zero-order chi connectivity index (χ0) is 20.8. The molecule has 0 saturated carbocycles. The number of fused-ring (bicyclic) bond motifs is 1. The largest absolute Gasteiger partial charge is 0.497 e. The second-order valence-corrected chi connectivity index (χ2v) is 7.14. The monoisotopic (exact) mass is 463 g/mol. The third-order valence-electron chi connectivity index (χ3n) is 4.44. The van der Waals surface area contributed by atoms with Crippen molar-refractivity contribution >= 4 is 26.8 Å². The maximum absolute atomic E-state index is 13.6. The first-order valence-corrected chi connectivity index (χ1v) is 9.21. The molecule has 1 N–H and O–H groups in total. The maximum atomic E-state index is 13.6. The van der Waals surface area contributed by atoms with Crippen LogP contribution in [-0.2, 0) is 6.18 Å². The van der Waals surface area contributed by atoms with Gasteiger partial charge >= 0.3 is 6.18 Å². The van der Waals surface area contributed by atoms with Crippen LogP contribution in [0.4, 0.5) is 13.2 Å². The number of H-pyrrole nitrogens is 1. The Morgan fingerprint density at radius 3 is 2.66 bits per heavy atom. The normalized spacial score (nSPS) is 11.8. The van der Waals surface area contributed by atoms with Gasteiger partial charge in [0.2, 0.25) is 0 Å². The van der Waals surface area contributed by atoms with Crippen LogP contribution < -0.4 is 10.3 Å². The molecule has 9 heteroatoms. The van der Waals surface area contributed by atoms with E-state index >= 15 is 0 Å². The van der Waals surface area contributed by atoms with Crippen molar-refractivity contribution in [2.45, 2.75) is 6.18 Å². The lowest BCUT2D eigenvalue weighted by molar-refractivity contribution is -0.137. The highest BCUT2D eigenvalue weighted by Crippen LogP contribution is 2.35. The average Bonchev–Trinajstić information content (AvgIpc) is 3.18. The fourth-order valence-corrected chi connectivity index (χ4v) is 3.46. The number of methoxy groups -OCH3 is 1. The SMILES string of the molecule is COc1cccc(-c2nn(-c3cc(Br)ccc3C(F)(F)F)c(=O)c3[nH]ccc23)c1. The van der Waals surface area contributed by atoms with Crippen LogP contribution in [0.2, 0.25) is 0 Å². The van der Waals surface area contributed by atoms with E-state index in [1.165, 1.54) is 19.2 Å². The molecule has 5 nitrogen and oxygen atoms in total. The number of ether oxygens (including phenoxy) is 1. The van der Waals surface area contributed by atoms with Gasteiger partial charge in [0.1, 0.15) is 17.0 Å². The lowest BCUT2D eigenvalue weighted by Gasteiger charge is -2.15. The van der Waals surface area contributed by atoms with E-state index in [0.29, 0.717) is 26.9 Å². The highest BCUT2D eigenvalue weighted by atomic mass is 79.9. The Hall–Kier alpha value is -3.07. The first kappa shape index (κ1) is 19.3. The first-order valence-electron chi connectivity index (χ1n) is 8.41. The zero-order valence-corrected chi connectivity index (χ0v) is 16.5. The van der Waals surface area contributed by atoms with Gasteiger partial charge in [-0.3, -0.25) is 4.79 Å². The number of hydrogen-bond donors (Lipinski definition) is 1. The quantitative estimate of drug-likeness (QED) is 0.455. The molecular formula is C20H13BrF3N3O2. The summed E-state index contributed by atoms with van der Waals surface area (Å²) >= 11 is 3.17. The number of alkyl halides is 3. The van der Waals surface area contributed by atoms with Crippen LogP contribution in [0.15, 0.2) is 64.0 Å². The molecule has 4 aromatic rings. The van der Waals surface area contributed by atoms with E-state index in [1.54, 1.807) is 36.5 Å². The molecule has 2 aromatic carbocycles. The fraction of sp³-hybridized carbons (Fsp3) is 0.100. The fourth-order valence-electron chi connectivity index (χ4n) is 3.12. The molecule has 0 unspecified atom stereocenters. The molecule has 0 aliphatic heterocycles. The second-order valence-electron chi connectivity index (χ2n) is 6.22. The van der Waals surface area contributed by atoms with E-state index in [9.17, 15) is 18.0 Å². The molecule has 0 saturated heterocycles. The van der Waals surface area contributed by atoms with Gasteiger partial charge in [-0.2, -0.15) is 23.0 Å². The molecule has 2 heterocycles. The van der Waals surface area contributed by atoms with Crippen LogP contribution in [-0.4, -0.2) is 21.9 Å². The topological polar surface area (TPSA) is 59.9 Å². The van der Waals surface area contributed by atoms with Crippen molar-refractivity contribution in [1.29, 1.82) is 0 Å². The minimum Gasteiger partial charge on any atom is -0.497 e. The first-order chi connectivity index (χ1) is 13.8. The minimum atomic E-state index is -4.65. The summed E-state index contributed by atoms with van der Waals surface area (Å²) in [5, 5.41) is 4.81. The summed E-state index contributed by atoms with van der Waals surface area (Å²) < 4.78 is 47.2. The molecule has 0 atom stereocenters.